The van der Waals surface area contributed by atoms with Crippen LogP contribution in [0.4, 0.5) is 11.6 Å². The van der Waals surface area contributed by atoms with Crippen molar-refractivity contribution in [3.63, 3.8) is 0 Å². The molecule has 1 fully saturated rings. The molecule has 4 aromatic rings. The quantitative estimate of drug-likeness (QED) is 0.534. The number of nitrogens with one attached hydrogen (secondary N) is 1. The minimum atomic E-state index is 0.444. The second-order valence-electron chi connectivity index (χ2n) is 7.75. The van der Waals surface area contributed by atoms with Gasteiger partial charge in [0, 0.05) is 36.4 Å². The van der Waals surface area contributed by atoms with Crippen molar-refractivity contribution in [3.8, 4) is 0 Å². The number of likely N-dealkylation sites (tertiary alicyclic amines) is 1. The van der Waals surface area contributed by atoms with Crippen molar-refractivity contribution >= 4 is 22.5 Å². The van der Waals surface area contributed by atoms with E-state index in [2.05, 4.69) is 49.4 Å². The predicted octanol–water partition coefficient (Wildman–Crippen LogP) is 4.54. The van der Waals surface area contributed by atoms with Crippen molar-refractivity contribution in [1.82, 2.24) is 24.8 Å². The number of pyridine rings is 2. The maximum Gasteiger partial charge on any atom is 0.150 e. The number of benzene rings is 1. The van der Waals surface area contributed by atoms with E-state index >= 15 is 0 Å². The third-order valence-corrected chi connectivity index (χ3v) is 5.65. The van der Waals surface area contributed by atoms with Crippen LogP contribution in [0.1, 0.15) is 30.0 Å². The highest BCUT2D eigenvalue weighted by Crippen LogP contribution is 2.28. The van der Waals surface area contributed by atoms with Gasteiger partial charge in [-0.25, -0.2) is 9.97 Å². The number of hydrogen-bond acceptors (Lipinski definition) is 6. The summed E-state index contributed by atoms with van der Waals surface area (Å²) in [6, 6.07) is 16.5. The van der Waals surface area contributed by atoms with Crippen LogP contribution in [0.15, 0.2) is 73.3 Å². The summed E-state index contributed by atoms with van der Waals surface area (Å²) >= 11 is 0. The third kappa shape index (κ3) is 4.28. The molecule has 6 heteroatoms. The van der Waals surface area contributed by atoms with E-state index in [1.807, 2.05) is 36.7 Å². The van der Waals surface area contributed by atoms with Crippen LogP contribution in [-0.2, 0) is 6.54 Å². The fourth-order valence-electron chi connectivity index (χ4n) is 4.07. The van der Waals surface area contributed by atoms with Gasteiger partial charge in [-0.05, 0) is 61.8 Å². The molecule has 30 heavy (non-hydrogen) atoms. The lowest BCUT2D eigenvalue weighted by Gasteiger charge is -2.31. The normalized spacial score (nSPS) is 15.3. The lowest BCUT2D eigenvalue weighted by molar-refractivity contribution is 0.203. The molecule has 1 saturated heterocycles. The Hall–Kier alpha value is -3.38. The van der Waals surface area contributed by atoms with Crippen LogP contribution in [0.25, 0.3) is 10.9 Å². The van der Waals surface area contributed by atoms with Gasteiger partial charge in [-0.3, -0.25) is 14.9 Å². The molecule has 0 spiro atoms. The Morgan fingerprint density at radius 3 is 2.67 bits per heavy atom. The molecule has 5 rings (SSSR count). The molecule has 4 heterocycles. The van der Waals surface area contributed by atoms with Crippen molar-refractivity contribution in [1.29, 1.82) is 0 Å². The summed E-state index contributed by atoms with van der Waals surface area (Å²) in [6.07, 6.45) is 9.45. The molecular weight excluding hydrogens is 372 g/mol. The summed E-state index contributed by atoms with van der Waals surface area (Å²) < 4.78 is 0. The minimum absolute atomic E-state index is 0.444. The first-order chi connectivity index (χ1) is 14.8. The summed E-state index contributed by atoms with van der Waals surface area (Å²) in [4.78, 5) is 20.4. The molecule has 1 N–H and O–H groups in total. The summed E-state index contributed by atoms with van der Waals surface area (Å²) in [5.41, 5.74) is 3.46. The SMILES string of the molecule is c1ccc(Nc2cncc(C3CCN(Cc4ccc5ncccc5c4)CC3)n2)nc1. The van der Waals surface area contributed by atoms with Crippen LogP contribution in [-0.4, -0.2) is 37.9 Å². The van der Waals surface area contributed by atoms with Gasteiger partial charge >= 0.3 is 0 Å². The molecule has 150 valence electrons. The number of fused-ring (bicyclic) bond motifs is 1. The van der Waals surface area contributed by atoms with Gasteiger partial charge in [0.25, 0.3) is 0 Å². The predicted molar refractivity (Wildman–Crippen MR) is 119 cm³/mol. The Balaban J connectivity index is 1.21. The first-order valence-corrected chi connectivity index (χ1v) is 10.4. The Kier molecular flexibility index (Phi) is 5.31. The van der Waals surface area contributed by atoms with E-state index in [0.717, 1.165) is 55.3 Å². The van der Waals surface area contributed by atoms with Gasteiger partial charge in [0.2, 0.25) is 0 Å². The molecule has 3 aromatic heterocycles. The van der Waals surface area contributed by atoms with Crippen molar-refractivity contribution in [2.24, 2.45) is 0 Å². The van der Waals surface area contributed by atoms with Gasteiger partial charge in [0.05, 0.1) is 17.4 Å². The number of nitrogens with zero attached hydrogens (tertiary/aromatic N) is 5. The van der Waals surface area contributed by atoms with E-state index < -0.39 is 0 Å². The van der Waals surface area contributed by atoms with E-state index in [1.54, 1.807) is 12.4 Å². The van der Waals surface area contributed by atoms with Gasteiger partial charge in [-0.2, -0.15) is 0 Å². The smallest absolute Gasteiger partial charge is 0.150 e. The first-order valence-electron chi connectivity index (χ1n) is 10.4. The summed E-state index contributed by atoms with van der Waals surface area (Å²) in [6.45, 7) is 3.11. The Morgan fingerprint density at radius 2 is 1.80 bits per heavy atom. The monoisotopic (exact) mass is 396 g/mol. The molecule has 0 aliphatic carbocycles. The van der Waals surface area contributed by atoms with Crippen molar-refractivity contribution in [2.75, 3.05) is 18.4 Å². The maximum atomic E-state index is 4.80. The number of rotatable bonds is 5. The van der Waals surface area contributed by atoms with Crippen LogP contribution >= 0.6 is 0 Å². The summed E-state index contributed by atoms with van der Waals surface area (Å²) in [7, 11) is 0. The molecule has 1 aliphatic heterocycles. The van der Waals surface area contributed by atoms with Crippen molar-refractivity contribution in [2.45, 2.75) is 25.3 Å². The third-order valence-electron chi connectivity index (χ3n) is 5.65. The molecule has 0 atom stereocenters. The highest BCUT2D eigenvalue weighted by Gasteiger charge is 2.22. The zero-order chi connectivity index (χ0) is 20.2. The second-order valence-corrected chi connectivity index (χ2v) is 7.75. The molecule has 0 saturated carbocycles. The standard InChI is InChI=1S/C24H24N6/c1-2-10-27-23(5-1)29-24-16-25-15-22(28-24)19-8-12-30(13-9-19)17-18-6-7-21-20(14-18)4-3-11-26-21/h1-7,10-11,14-16,19H,8-9,12-13,17H2,(H,27,28,29). The number of hydrogen-bond donors (Lipinski definition) is 1. The molecule has 0 bridgehead atoms. The topological polar surface area (TPSA) is 66.8 Å². The highest BCUT2D eigenvalue weighted by atomic mass is 15.1. The lowest BCUT2D eigenvalue weighted by atomic mass is 9.93. The zero-order valence-corrected chi connectivity index (χ0v) is 16.8. The minimum Gasteiger partial charge on any atom is -0.324 e. The van der Waals surface area contributed by atoms with E-state index in [4.69, 9.17) is 4.98 Å². The lowest BCUT2D eigenvalue weighted by Crippen LogP contribution is -2.32. The van der Waals surface area contributed by atoms with E-state index in [0.29, 0.717) is 5.92 Å². The van der Waals surface area contributed by atoms with E-state index in [-0.39, 0.29) is 0 Å². The zero-order valence-electron chi connectivity index (χ0n) is 16.8. The fraction of sp³-hybridized carbons (Fsp3) is 0.250. The molecule has 6 nitrogen and oxygen atoms in total. The molecule has 0 radical (unpaired) electrons. The van der Waals surface area contributed by atoms with Crippen LogP contribution in [0.5, 0.6) is 0 Å². The Labute approximate surface area is 176 Å². The second kappa shape index (κ2) is 8.55. The van der Waals surface area contributed by atoms with Gasteiger partial charge in [-0.1, -0.05) is 18.2 Å². The molecule has 0 amide bonds. The van der Waals surface area contributed by atoms with Crippen LogP contribution in [0, 0.1) is 0 Å². The van der Waals surface area contributed by atoms with E-state index in [1.165, 1.54) is 10.9 Å². The number of aromatic nitrogens is 4. The molecule has 0 unspecified atom stereocenters. The summed E-state index contributed by atoms with van der Waals surface area (Å²) in [5.74, 6) is 1.97. The van der Waals surface area contributed by atoms with Crippen molar-refractivity contribution < 1.29 is 0 Å². The van der Waals surface area contributed by atoms with Gasteiger partial charge in [0.15, 0.2) is 0 Å². The van der Waals surface area contributed by atoms with Crippen molar-refractivity contribution in [3.05, 3.63) is 84.6 Å². The highest BCUT2D eigenvalue weighted by molar-refractivity contribution is 5.78. The number of piperidine rings is 1. The molecule has 1 aromatic carbocycles. The van der Waals surface area contributed by atoms with Crippen LogP contribution in [0.2, 0.25) is 0 Å². The molecule has 1 aliphatic rings. The summed E-state index contributed by atoms with van der Waals surface area (Å²) in [5, 5.41) is 4.45. The average Bonchev–Trinajstić information content (AvgIpc) is 2.80. The van der Waals surface area contributed by atoms with Crippen LogP contribution in [0.3, 0.4) is 0 Å². The maximum absolute atomic E-state index is 4.80. The van der Waals surface area contributed by atoms with Gasteiger partial charge in [-0.15, -0.1) is 0 Å². The fourth-order valence-corrected chi connectivity index (χ4v) is 4.07. The Morgan fingerprint density at radius 1 is 0.900 bits per heavy atom. The van der Waals surface area contributed by atoms with Gasteiger partial charge < -0.3 is 5.32 Å². The first kappa shape index (κ1) is 18.6. The Bertz CT molecular complexity index is 1120. The average molecular weight is 396 g/mol. The number of anilines is 2. The van der Waals surface area contributed by atoms with E-state index in [9.17, 15) is 0 Å². The van der Waals surface area contributed by atoms with Crippen LogP contribution < -0.4 is 5.32 Å². The largest absolute Gasteiger partial charge is 0.324 e. The molecular formula is C24H24N6. The van der Waals surface area contributed by atoms with Gasteiger partial charge in [0.1, 0.15) is 11.6 Å².